The van der Waals surface area contributed by atoms with Crippen molar-refractivity contribution in [2.45, 2.75) is 83.8 Å². The van der Waals surface area contributed by atoms with Gasteiger partial charge in [-0.25, -0.2) is 4.79 Å². The van der Waals surface area contributed by atoms with Crippen molar-refractivity contribution in [2.75, 3.05) is 25.5 Å². The van der Waals surface area contributed by atoms with Crippen LogP contribution in [0.25, 0.3) is 0 Å². The zero-order valence-corrected chi connectivity index (χ0v) is 27.6. The minimum Gasteiger partial charge on any atom is -0.497 e. The Labute approximate surface area is 271 Å². The average molecular weight is 629 g/mol. The van der Waals surface area contributed by atoms with Gasteiger partial charge in [0.15, 0.2) is 5.76 Å². The van der Waals surface area contributed by atoms with E-state index in [9.17, 15) is 19.8 Å². The number of allylic oxidation sites excluding steroid dienone is 4. The summed E-state index contributed by atoms with van der Waals surface area (Å²) in [7, 11) is 1.61. The van der Waals surface area contributed by atoms with Crippen LogP contribution in [-0.2, 0) is 0 Å². The van der Waals surface area contributed by atoms with Crippen LogP contribution in [0.15, 0.2) is 70.9 Å². The zero-order chi connectivity index (χ0) is 32.5. The van der Waals surface area contributed by atoms with Gasteiger partial charge in [0.05, 0.1) is 31.6 Å². The number of methoxy groups -OCH3 is 1. The molecule has 46 heavy (non-hydrogen) atoms. The Morgan fingerprint density at radius 1 is 1.02 bits per heavy atom. The normalized spacial score (nSPS) is 38.7. The first-order chi connectivity index (χ1) is 22.0. The van der Waals surface area contributed by atoms with E-state index in [4.69, 9.17) is 9.15 Å². The molecule has 3 fully saturated rings. The maximum absolute atomic E-state index is 14.4. The van der Waals surface area contributed by atoms with E-state index in [1.165, 1.54) is 0 Å². The number of ketones is 1. The van der Waals surface area contributed by atoms with Crippen LogP contribution >= 0.6 is 0 Å². The summed E-state index contributed by atoms with van der Waals surface area (Å²) in [6.45, 7) is 7.36. The van der Waals surface area contributed by atoms with Gasteiger partial charge in [0.25, 0.3) is 0 Å². The summed E-state index contributed by atoms with van der Waals surface area (Å²) in [5.74, 6) is 1.15. The lowest BCUT2D eigenvalue weighted by Crippen LogP contribution is -2.67. The number of rotatable bonds is 8. The Morgan fingerprint density at radius 3 is 2.43 bits per heavy atom. The van der Waals surface area contributed by atoms with Crippen LogP contribution in [0.1, 0.15) is 82.7 Å². The van der Waals surface area contributed by atoms with Gasteiger partial charge in [-0.1, -0.05) is 39.0 Å². The Kier molecular flexibility index (Phi) is 7.37. The Morgan fingerprint density at radius 2 is 1.74 bits per heavy atom. The van der Waals surface area contributed by atoms with Gasteiger partial charge in [0.2, 0.25) is 5.78 Å². The predicted octanol–water partition coefficient (Wildman–Crippen LogP) is 7.01. The van der Waals surface area contributed by atoms with E-state index in [0.29, 0.717) is 36.6 Å². The molecule has 3 N–H and O–H groups in total. The largest absolute Gasteiger partial charge is 0.497 e. The van der Waals surface area contributed by atoms with Crippen molar-refractivity contribution in [3.8, 4) is 5.75 Å². The van der Waals surface area contributed by atoms with Crippen molar-refractivity contribution in [2.24, 2.45) is 33.5 Å². The third-order valence-electron chi connectivity index (χ3n) is 13.3. The lowest BCUT2D eigenvalue weighted by atomic mass is 9.32. The number of fused-ring (bicyclic) bond motifs is 1. The van der Waals surface area contributed by atoms with Crippen LogP contribution in [0.2, 0.25) is 0 Å². The minimum absolute atomic E-state index is 0.000244. The van der Waals surface area contributed by atoms with Gasteiger partial charge in [-0.05, 0) is 105 Å². The van der Waals surface area contributed by atoms with Crippen molar-refractivity contribution in [3.63, 3.8) is 0 Å². The number of hydrogen-bond donors (Lipinski definition) is 3. The molecule has 8 nitrogen and oxygen atoms in total. The molecular weight excluding hydrogens is 580 g/mol. The number of hydrogen-bond acceptors (Lipinski definition) is 6. The van der Waals surface area contributed by atoms with E-state index >= 15 is 0 Å². The standard InChI is InChI=1S/C38H48N2O6/c1-5-20-40(33(43)39-25-8-10-27(45-4)11-9-25)24-37(44)17-14-31-35(37,3)16-13-30-34(2)15-12-26(41)22-36(34)18-19-38(30,31)28(23-36)32(42)29-7-6-21-46-29/h6-11,18-19,21,23,26,30-31,41,44H,5,12-17,20,22,24H2,1-4H3,(H,39,43). The van der Waals surface area contributed by atoms with Crippen molar-refractivity contribution < 1.29 is 29.0 Å². The Balaban J connectivity index is 1.25. The molecular formula is C38H48N2O6. The lowest BCUT2D eigenvalue weighted by molar-refractivity contribution is -0.174. The van der Waals surface area contributed by atoms with Gasteiger partial charge in [0, 0.05) is 34.1 Å². The molecule has 2 spiro atoms. The van der Waals surface area contributed by atoms with Crippen LogP contribution in [0, 0.1) is 33.5 Å². The van der Waals surface area contributed by atoms with Gasteiger partial charge in [0.1, 0.15) is 5.75 Å². The third kappa shape index (κ3) is 4.25. The SMILES string of the molecule is CCCN(CC1(O)CCC2C34C=CC5(C=C3C(=O)c3ccco3)CC(O)CCC5(C)C4CCC21C)C(=O)Nc1ccc(OC)cc1. The number of urea groups is 1. The van der Waals surface area contributed by atoms with Crippen molar-refractivity contribution in [1.29, 1.82) is 0 Å². The summed E-state index contributed by atoms with van der Waals surface area (Å²) >= 11 is 0. The first-order valence-electron chi connectivity index (χ1n) is 17.1. The second kappa shape index (κ2) is 10.8. The topological polar surface area (TPSA) is 112 Å². The predicted molar refractivity (Wildman–Crippen MR) is 175 cm³/mol. The monoisotopic (exact) mass is 628 g/mol. The van der Waals surface area contributed by atoms with E-state index in [0.717, 1.165) is 44.1 Å². The summed E-state index contributed by atoms with van der Waals surface area (Å²) in [6.07, 6.45) is 14.0. The molecule has 0 aliphatic heterocycles. The number of aliphatic hydroxyl groups is 2. The summed E-state index contributed by atoms with van der Waals surface area (Å²) in [6, 6.07) is 10.5. The van der Waals surface area contributed by atoms with E-state index in [-0.39, 0.29) is 35.6 Å². The Hall–Kier alpha value is -3.36. The number of benzene rings is 1. The summed E-state index contributed by atoms with van der Waals surface area (Å²) < 4.78 is 10.9. The van der Waals surface area contributed by atoms with Crippen LogP contribution in [0.3, 0.4) is 0 Å². The molecule has 0 radical (unpaired) electrons. The van der Waals surface area contributed by atoms with Crippen molar-refractivity contribution in [3.05, 3.63) is 72.2 Å². The molecule has 1 aromatic carbocycles. The molecule has 1 heterocycles. The molecule has 2 aromatic rings. The molecule has 8 unspecified atom stereocenters. The van der Waals surface area contributed by atoms with Gasteiger partial charge in [-0.2, -0.15) is 0 Å². The van der Waals surface area contributed by atoms with Gasteiger partial charge in [-0.15, -0.1) is 0 Å². The minimum atomic E-state index is -1.13. The second-order valence-electron chi connectivity index (χ2n) is 15.2. The van der Waals surface area contributed by atoms with Crippen molar-refractivity contribution >= 4 is 17.5 Å². The average Bonchev–Trinajstić information content (AvgIpc) is 3.67. The number of amides is 2. The fourth-order valence-electron chi connectivity index (χ4n) is 10.9. The second-order valence-corrected chi connectivity index (χ2v) is 15.2. The zero-order valence-electron chi connectivity index (χ0n) is 27.6. The number of nitrogens with zero attached hydrogens (tertiary/aromatic N) is 1. The van der Waals surface area contributed by atoms with Crippen LogP contribution < -0.4 is 10.1 Å². The fourth-order valence-corrected chi connectivity index (χ4v) is 10.9. The number of carbonyl (C=O) groups excluding carboxylic acids is 2. The molecule has 6 aliphatic carbocycles. The van der Waals surface area contributed by atoms with E-state index < -0.39 is 27.9 Å². The third-order valence-corrected chi connectivity index (χ3v) is 13.3. The molecule has 1 aromatic heterocycles. The van der Waals surface area contributed by atoms with Gasteiger partial charge >= 0.3 is 6.03 Å². The number of furan rings is 1. The smallest absolute Gasteiger partial charge is 0.321 e. The molecule has 2 bridgehead atoms. The molecule has 8 atom stereocenters. The van der Waals surface area contributed by atoms with E-state index in [1.807, 2.05) is 31.2 Å². The molecule has 0 saturated heterocycles. The number of aliphatic hydroxyl groups excluding tert-OH is 1. The number of ether oxygens (including phenoxy) is 1. The Bertz CT molecular complexity index is 1570. The number of anilines is 1. The molecule has 2 amide bonds. The van der Waals surface area contributed by atoms with E-state index in [1.54, 1.807) is 30.4 Å². The molecule has 8 heteroatoms. The first-order valence-corrected chi connectivity index (χ1v) is 17.1. The lowest BCUT2D eigenvalue weighted by Gasteiger charge is -2.71. The number of Topliss-reactive ketones (excluding diaryl/α,β-unsaturated/α-hetero) is 1. The molecule has 8 rings (SSSR count). The summed E-state index contributed by atoms with van der Waals surface area (Å²) in [4.78, 5) is 29.8. The van der Waals surface area contributed by atoms with Gasteiger partial charge in [-0.3, -0.25) is 4.79 Å². The summed E-state index contributed by atoms with van der Waals surface area (Å²) in [5, 5.41) is 26.7. The molecule has 3 saturated carbocycles. The molecule has 246 valence electrons. The molecule has 6 aliphatic rings. The number of carbonyl (C=O) groups is 2. The number of nitrogens with one attached hydrogen (secondary N) is 1. The maximum Gasteiger partial charge on any atom is 0.321 e. The first kappa shape index (κ1) is 31.3. The maximum atomic E-state index is 14.4. The van der Waals surface area contributed by atoms with E-state index in [2.05, 4.69) is 37.4 Å². The van der Waals surface area contributed by atoms with Crippen LogP contribution in [-0.4, -0.2) is 58.8 Å². The highest BCUT2D eigenvalue weighted by molar-refractivity contribution is 6.08. The highest BCUT2D eigenvalue weighted by Gasteiger charge is 2.74. The van der Waals surface area contributed by atoms with Crippen LogP contribution in [0.5, 0.6) is 5.75 Å². The highest BCUT2D eigenvalue weighted by Crippen LogP contribution is 2.78. The van der Waals surface area contributed by atoms with Gasteiger partial charge < -0.3 is 29.6 Å². The summed E-state index contributed by atoms with van der Waals surface area (Å²) in [5.41, 5.74) is -1.30. The van der Waals surface area contributed by atoms with Crippen molar-refractivity contribution in [1.82, 2.24) is 4.90 Å². The van der Waals surface area contributed by atoms with Crippen LogP contribution in [0.4, 0.5) is 10.5 Å². The highest BCUT2D eigenvalue weighted by atomic mass is 16.5. The fraction of sp³-hybridized carbons (Fsp3) is 0.579. The quantitative estimate of drug-likeness (QED) is 0.214.